The molecule has 0 amide bonds. The van der Waals surface area contributed by atoms with E-state index in [1.54, 1.807) is 32.5 Å². The third-order valence-electron chi connectivity index (χ3n) is 3.06. The fourth-order valence-electron chi connectivity index (χ4n) is 2.09. The molecule has 0 aliphatic rings. The molecule has 0 saturated carbocycles. The van der Waals surface area contributed by atoms with E-state index in [1.165, 1.54) is 0 Å². The first kappa shape index (κ1) is 14.8. The van der Waals surface area contributed by atoms with Gasteiger partial charge in [0.1, 0.15) is 0 Å². The highest BCUT2D eigenvalue weighted by molar-refractivity contribution is 7.11. The predicted octanol–water partition coefficient (Wildman–Crippen LogP) is 3.11. The zero-order chi connectivity index (χ0) is 14.7. The van der Waals surface area contributed by atoms with E-state index in [2.05, 4.69) is 4.98 Å². The molecule has 108 valence electrons. The first-order valence-corrected chi connectivity index (χ1v) is 7.22. The van der Waals surface area contributed by atoms with Gasteiger partial charge in [-0.15, -0.1) is 11.3 Å². The van der Waals surface area contributed by atoms with Crippen LogP contribution in [0.4, 0.5) is 0 Å². The molecule has 1 unspecified atom stereocenters. The van der Waals surface area contributed by atoms with Gasteiger partial charge in [0.2, 0.25) is 0 Å². The van der Waals surface area contributed by atoms with Crippen LogP contribution in [0, 0.1) is 6.92 Å². The largest absolute Gasteiger partial charge is 0.493 e. The Kier molecular flexibility index (Phi) is 4.62. The van der Waals surface area contributed by atoms with Crippen LogP contribution in [0.15, 0.2) is 18.2 Å². The molecule has 2 aromatic rings. The number of hydrogen-bond acceptors (Lipinski definition) is 5. The van der Waals surface area contributed by atoms with E-state index in [1.807, 2.05) is 25.1 Å². The SMILES string of the molecule is COc1ccc(Cc2nc(C)c(C(C)O)s2)cc1OC. The molecule has 0 fully saturated rings. The normalized spacial score (nSPS) is 12.2. The van der Waals surface area contributed by atoms with Gasteiger partial charge < -0.3 is 14.6 Å². The number of aryl methyl sites for hydroxylation is 1. The van der Waals surface area contributed by atoms with Crippen molar-refractivity contribution >= 4 is 11.3 Å². The second-order valence-electron chi connectivity index (χ2n) is 4.60. The summed E-state index contributed by atoms with van der Waals surface area (Å²) in [6, 6.07) is 5.85. The average Bonchev–Trinajstić information content (AvgIpc) is 2.79. The first-order valence-electron chi connectivity index (χ1n) is 6.40. The number of hydrogen-bond donors (Lipinski definition) is 1. The molecule has 1 aromatic carbocycles. The molecule has 0 saturated heterocycles. The smallest absolute Gasteiger partial charge is 0.160 e. The third kappa shape index (κ3) is 3.11. The number of aliphatic hydroxyl groups excluding tert-OH is 1. The Hall–Kier alpha value is -1.59. The van der Waals surface area contributed by atoms with E-state index >= 15 is 0 Å². The highest BCUT2D eigenvalue weighted by atomic mass is 32.1. The van der Waals surface area contributed by atoms with E-state index in [0.29, 0.717) is 5.75 Å². The molecule has 2 rings (SSSR count). The Bertz CT molecular complexity index is 593. The van der Waals surface area contributed by atoms with E-state index in [0.717, 1.165) is 33.3 Å². The molecule has 1 heterocycles. The lowest BCUT2D eigenvalue weighted by Crippen LogP contribution is -1.93. The maximum absolute atomic E-state index is 9.67. The maximum atomic E-state index is 9.67. The van der Waals surface area contributed by atoms with Crippen LogP contribution >= 0.6 is 11.3 Å². The van der Waals surface area contributed by atoms with Crippen LogP contribution in [-0.2, 0) is 6.42 Å². The van der Waals surface area contributed by atoms with Gasteiger partial charge >= 0.3 is 0 Å². The number of benzene rings is 1. The van der Waals surface area contributed by atoms with Gasteiger partial charge in [0, 0.05) is 6.42 Å². The van der Waals surface area contributed by atoms with Crippen molar-refractivity contribution < 1.29 is 14.6 Å². The van der Waals surface area contributed by atoms with Crippen LogP contribution in [0.5, 0.6) is 11.5 Å². The highest BCUT2D eigenvalue weighted by Crippen LogP contribution is 2.30. The molecule has 1 atom stereocenters. The first-order chi connectivity index (χ1) is 9.55. The summed E-state index contributed by atoms with van der Waals surface area (Å²) in [5.74, 6) is 1.44. The minimum absolute atomic E-state index is 0.466. The fraction of sp³-hybridized carbons (Fsp3) is 0.400. The lowest BCUT2D eigenvalue weighted by molar-refractivity contribution is 0.202. The fourth-order valence-corrected chi connectivity index (χ4v) is 3.13. The summed E-state index contributed by atoms with van der Waals surface area (Å²) >= 11 is 1.55. The van der Waals surface area contributed by atoms with E-state index < -0.39 is 6.10 Å². The van der Waals surface area contributed by atoms with Gasteiger partial charge in [0.25, 0.3) is 0 Å². The van der Waals surface area contributed by atoms with Crippen LogP contribution < -0.4 is 9.47 Å². The molecule has 1 aromatic heterocycles. The monoisotopic (exact) mass is 293 g/mol. The summed E-state index contributed by atoms with van der Waals surface area (Å²) < 4.78 is 10.5. The lowest BCUT2D eigenvalue weighted by atomic mass is 10.1. The predicted molar refractivity (Wildman–Crippen MR) is 79.8 cm³/mol. The number of nitrogens with zero attached hydrogens (tertiary/aromatic N) is 1. The summed E-state index contributed by atoms with van der Waals surface area (Å²) in [5, 5.41) is 10.7. The molecule has 1 N–H and O–H groups in total. The Morgan fingerprint density at radius 2 is 1.95 bits per heavy atom. The second-order valence-corrected chi connectivity index (χ2v) is 5.71. The van der Waals surface area contributed by atoms with Crippen molar-refractivity contribution in [3.05, 3.63) is 39.3 Å². The van der Waals surface area contributed by atoms with Crippen LogP contribution in [0.2, 0.25) is 0 Å². The minimum Gasteiger partial charge on any atom is -0.493 e. The van der Waals surface area contributed by atoms with E-state index in [4.69, 9.17) is 9.47 Å². The Morgan fingerprint density at radius 3 is 2.50 bits per heavy atom. The second kappa shape index (κ2) is 6.24. The van der Waals surface area contributed by atoms with Crippen molar-refractivity contribution in [3.8, 4) is 11.5 Å². The van der Waals surface area contributed by atoms with Crippen molar-refractivity contribution in [2.45, 2.75) is 26.4 Å². The van der Waals surface area contributed by atoms with Gasteiger partial charge in [0.15, 0.2) is 11.5 Å². The molecule has 4 nitrogen and oxygen atoms in total. The number of aromatic nitrogens is 1. The number of rotatable bonds is 5. The van der Waals surface area contributed by atoms with Gasteiger partial charge in [-0.25, -0.2) is 4.98 Å². The van der Waals surface area contributed by atoms with Gasteiger partial charge in [-0.05, 0) is 31.5 Å². The zero-order valence-corrected chi connectivity index (χ0v) is 13.0. The summed E-state index contributed by atoms with van der Waals surface area (Å²) in [5.41, 5.74) is 2.01. The molecular weight excluding hydrogens is 274 g/mol. The van der Waals surface area contributed by atoms with Crippen LogP contribution in [-0.4, -0.2) is 24.3 Å². The van der Waals surface area contributed by atoms with Crippen LogP contribution in [0.25, 0.3) is 0 Å². The Labute approximate surface area is 123 Å². The van der Waals surface area contributed by atoms with Crippen molar-refractivity contribution in [2.24, 2.45) is 0 Å². The quantitative estimate of drug-likeness (QED) is 0.920. The van der Waals surface area contributed by atoms with Gasteiger partial charge in [-0.3, -0.25) is 0 Å². The maximum Gasteiger partial charge on any atom is 0.160 e. The van der Waals surface area contributed by atoms with Gasteiger partial charge in [-0.2, -0.15) is 0 Å². The van der Waals surface area contributed by atoms with E-state index in [-0.39, 0.29) is 0 Å². The minimum atomic E-state index is -0.466. The topological polar surface area (TPSA) is 51.6 Å². The third-order valence-corrected chi connectivity index (χ3v) is 4.39. The highest BCUT2D eigenvalue weighted by Gasteiger charge is 2.13. The molecule has 0 aliphatic heterocycles. The number of thiazole rings is 1. The Morgan fingerprint density at radius 1 is 1.25 bits per heavy atom. The van der Waals surface area contributed by atoms with Crippen LogP contribution in [0.1, 0.15) is 34.2 Å². The van der Waals surface area contributed by atoms with Crippen molar-refractivity contribution in [2.75, 3.05) is 14.2 Å². The van der Waals surface area contributed by atoms with Gasteiger partial charge in [-0.1, -0.05) is 6.07 Å². The standard InChI is InChI=1S/C15H19NO3S/c1-9-15(10(2)17)20-14(16-9)8-11-5-6-12(18-3)13(7-11)19-4/h5-7,10,17H,8H2,1-4H3. The summed E-state index contributed by atoms with van der Waals surface area (Å²) in [6.45, 7) is 3.69. The van der Waals surface area contributed by atoms with Gasteiger partial charge in [0.05, 0.1) is 35.9 Å². The summed E-state index contributed by atoms with van der Waals surface area (Å²) in [7, 11) is 3.25. The molecular formula is C15H19NO3S. The molecule has 0 aliphatic carbocycles. The molecule has 0 radical (unpaired) electrons. The molecule has 0 bridgehead atoms. The number of ether oxygens (including phenoxy) is 2. The van der Waals surface area contributed by atoms with Crippen molar-refractivity contribution in [3.63, 3.8) is 0 Å². The summed E-state index contributed by atoms with van der Waals surface area (Å²) in [4.78, 5) is 5.44. The van der Waals surface area contributed by atoms with Crippen molar-refractivity contribution in [1.82, 2.24) is 4.98 Å². The molecule has 5 heteroatoms. The number of methoxy groups -OCH3 is 2. The molecule has 20 heavy (non-hydrogen) atoms. The zero-order valence-electron chi connectivity index (χ0n) is 12.1. The van der Waals surface area contributed by atoms with Crippen LogP contribution in [0.3, 0.4) is 0 Å². The van der Waals surface area contributed by atoms with E-state index in [9.17, 15) is 5.11 Å². The average molecular weight is 293 g/mol. The lowest BCUT2D eigenvalue weighted by Gasteiger charge is -2.08. The number of aliphatic hydroxyl groups is 1. The van der Waals surface area contributed by atoms with Crippen molar-refractivity contribution in [1.29, 1.82) is 0 Å². The Balaban J connectivity index is 2.24. The molecule has 0 spiro atoms. The summed E-state index contributed by atoms with van der Waals surface area (Å²) in [6.07, 6.45) is 0.255.